The summed E-state index contributed by atoms with van der Waals surface area (Å²) < 4.78 is 24.9. The summed E-state index contributed by atoms with van der Waals surface area (Å²) in [5, 5.41) is 9.10. The van der Waals surface area contributed by atoms with E-state index in [2.05, 4.69) is 0 Å². The van der Waals surface area contributed by atoms with Crippen molar-refractivity contribution in [1.82, 2.24) is 4.90 Å². The number of rotatable bonds is 6. The first-order valence-electron chi connectivity index (χ1n) is 6.59. The average Bonchev–Trinajstić information content (AvgIpc) is 2.45. The predicted octanol–water partition coefficient (Wildman–Crippen LogP) is 1.19. The molecule has 6 nitrogen and oxygen atoms in total. The molecule has 1 amide bonds. The molecule has 0 bridgehead atoms. The van der Waals surface area contributed by atoms with Crippen LogP contribution in [0.2, 0.25) is 0 Å². The lowest BCUT2D eigenvalue weighted by Crippen LogP contribution is -2.42. The molecule has 0 aliphatic rings. The molecule has 0 radical (unpaired) electrons. The van der Waals surface area contributed by atoms with E-state index in [1.807, 2.05) is 19.9 Å². The van der Waals surface area contributed by atoms with Gasteiger partial charge in [-0.3, -0.25) is 9.10 Å². The van der Waals surface area contributed by atoms with Crippen molar-refractivity contribution in [2.45, 2.75) is 13.8 Å². The number of likely N-dealkylation sites (N-methyl/N-ethyl adjacent to an activating group) is 1. The van der Waals surface area contributed by atoms with Gasteiger partial charge in [0.05, 0.1) is 17.5 Å². The van der Waals surface area contributed by atoms with E-state index in [4.69, 9.17) is 5.26 Å². The molecule has 0 N–H and O–H groups in total. The van der Waals surface area contributed by atoms with Gasteiger partial charge in [-0.25, -0.2) is 8.42 Å². The minimum atomic E-state index is -3.66. The van der Waals surface area contributed by atoms with Gasteiger partial charge in [0.1, 0.15) is 12.6 Å². The molecule has 1 rings (SSSR count). The number of para-hydroxylation sites is 1. The Kier molecular flexibility index (Phi) is 5.73. The van der Waals surface area contributed by atoms with E-state index in [9.17, 15) is 13.2 Å². The van der Waals surface area contributed by atoms with Crippen LogP contribution in [-0.2, 0) is 14.8 Å². The molecule has 0 heterocycles. The second-order valence-electron chi connectivity index (χ2n) is 4.46. The van der Waals surface area contributed by atoms with Gasteiger partial charge in [0.15, 0.2) is 0 Å². The van der Waals surface area contributed by atoms with Crippen LogP contribution in [0.4, 0.5) is 5.69 Å². The fourth-order valence-corrected chi connectivity index (χ4v) is 2.83. The second-order valence-corrected chi connectivity index (χ2v) is 6.37. The Labute approximate surface area is 125 Å². The molecule has 0 unspecified atom stereocenters. The zero-order valence-corrected chi connectivity index (χ0v) is 13.2. The summed E-state index contributed by atoms with van der Waals surface area (Å²) in [4.78, 5) is 13.7. The van der Waals surface area contributed by atoms with Crippen LogP contribution in [0.1, 0.15) is 19.4 Å². The van der Waals surface area contributed by atoms with E-state index < -0.39 is 10.0 Å². The highest BCUT2D eigenvalue weighted by Gasteiger charge is 2.24. The summed E-state index contributed by atoms with van der Waals surface area (Å²) in [6, 6.07) is 8.28. The number of sulfonamides is 1. The van der Waals surface area contributed by atoms with E-state index in [1.165, 1.54) is 12.1 Å². The van der Waals surface area contributed by atoms with Crippen LogP contribution in [0, 0.1) is 11.3 Å². The minimum Gasteiger partial charge on any atom is -0.342 e. The van der Waals surface area contributed by atoms with Gasteiger partial charge >= 0.3 is 0 Å². The Morgan fingerprint density at radius 3 is 2.29 bits per heavy atom. The summed E-state index contributed by atoms with van der Waals surface area (Å²) in [7, 11) is -3.66. The van der Waals surface area contributed by atoms with Crippen LogP contribution in [0.5, 0.6) is 0 Å². The zero-order chi connectivity index (χ0) is 16.0. The van der Waals surface area contributed by atoms with Gasteiger partial charge in [-0.15, -0.1) is 0 Å². The predicted molar refractivity (Wildman–Crippen MR) is 81.3 cm³/mol. The van der Waals surface area contributed by atoms with Crippen LogP contribution in [-0.4, -0.2) is 45.1 Å². The monoisotopic (exact) mass is 309 g/mol. The van der Waals surface area contributed by atoms with Gasteiger partial charge in [-0.2, -0.15) is 5.26 Å². The number of carbonyl (C=O) groups excluding carboxylic acids is 1. The van der Waals surface area contributed by atoms with Crippen molar-refractivity contribution in [3.8, 4) is 6.07 Å². The maximum absolute atomic E-state index is 12.2. The number of hydrogen-bond donors (Lipinski definition) is 0. The molecule has 1 aromatic carbocycles. The molecule has 0 aromatic heterocycles. The van der Waals surface area contributed by atoms with E-state index in [-0.39, 0.29) is 23.7 Å². The van der Waals surface area contributed by atoms with E-state index >= 15 is 0 Å². The number of benzene rings is 1. The summed E-state index contributed by atoms with van der Waals surface area (Å²) in [5.41, 5.74) is 0.443. The number of nitriles is 1. The smallest absolute Gasteiger partial charge is 0.243 e. The summed E-state index contributed by atoms with van der Waals surface area (Å²) in [6.07, 6.45) is 1.02. The highest BCUT2D eigenvalue weighted by Crippen LogP contribution is 2.22. The number of amides is 1. The van der Waals surface area contributed by atoms with Crippen molar-refractivity contribution in [3.05, 3.63) is 29.8 Å². The summed E-state index contributed by atoms with van der Waals surface area (Å²) in [6.45, 7) is 4.36. The Morgan fingerprint density at radius 2 is 1.81 bits per heavy atom. The van der Waals surface area contributed by atoms with Gasteiger partial charge in [0, 0.05) is 13.1 Å². The third-order valence-corrected chi connectivity index (χ3v) is 4.21. The Hall–Kier alpha value is -2.07. The molecule has 7 heteroatoms. The van der Waals surface area contributed by atoms with Gasteiger partial charge in [-0.05, 0) is 26.0 Å². The lowest BCUT2D eigenvalue weighted by molar-refractivity contribution is -0.129. The number of hydrogen-bond acceptors (Lipinski definition) is 4. The zero-order valence-electron chi connectivity index (χ0n) is 12.4. The lowest BCUT2D eigenvalue weighted by atomic mass is 10.2. The summed E-state index contributed by atoms with van der Waals surface area (Å²) in [5.74, 6) is -0.293. The van der Waals surface area contributed by atoms with Crippen molar-refractivity contribution in [1.29, 1.82) is 5.26 Å². The van der Waals surface area contributed by atoms with E-state index in [0.29, 0.717) is 13.1 Å². The molecule has 0 saturated heterocycles. The van der Waals surface area contributed by atoms with Crippen LogP contribution in [0.3, 0.4) is 0 Å². The van der Waals surface area contributed by atoms with Crippen molar-refractivity contribution in [2.24, 2.45) is 0 Å². The van der Waals surface area contributed by atoms with Gasteiger partial charge in [0.25, 0.3) is 0 Å². The van der Waals surface area contributed by atoms with Crippen LogP contribution < -0.4 is 4.31 Å². The first-order chi connectivity index (χ1) is 9.85. The van der Waals surface area contributed by atoms with Gasteiger partial charge < -0.3 is 4.90 Å². The van der Waals surface area contributed by atoms with E-state index in [1.54, 1.807) is 17.0 Å². The van der Waals surface area contributed by atoms with Crippen LogP contribution >= 0.6 is 0 Å². The normalized spacial score (nSPS) is 10.8. The van der Waals surface area contributed by atoms with E-state index in [0.717, 1.165) is 10.6 Å². The summed E-state index contributed by atoms with van der Waals surface area (Å²) >= 11 is 0. The topological polar surface area (TPSA) is 81.5 Å². The van der Waals surface area contributed by atoms with Crippen LogP contribution in [0.25, 0.3) is 0 Å². The van der Waals surface area contributed by atoms with Crippen molar-refractivity contribution < 1.29 is 13.2 Å². The standard InChI is InChI=1S/C14H19N3O3S/c1-4-16(5-2)14(18)11-17(21(3,19)20)13-9-7-6-8-12(13)10-15/h6-9H,4-5,11H2,1-3H3. The molecule has 0 saturated carbocycles. The molecular weight excluding hydrogens is 290 g/mol. The Balaban J connectivity index is 3.21. The second kappa shape index (κ2) is 7.09. The molecule has 114 valence electrons. The molecule has 0 aliphatic carbocycles. The third-order valence-electron chi connectivity index (χ3n) is 3.09. The van der Waals surface area contributed by atoms with Crippen LogP contribution in [0.15, 0.2) is 24.3 Å². The Morgan fingerprint density at radius 1 is 1.24 bits per heavy atom. The molecule has 0 fully saturated rings. The first-order valence-corrected chi connectivity index (χ1v) is 8.44. The SMILES string of the molecule is CCN(CC)C(=O)CN(c1ccccc1C#N)S(C)(=O)=O. The number of anilines is 1. The third kappa shape index (κ3) is 4.20. The van der Waals surface area contributed by atoms with Crippen molar-refractivity contribution >= 4 is 21.6 Å². The Bertz CT molecular complexity index is 646. The number of nitrogens with zero attached hydrogens (tertiary/aromatic N) is 3. The largest absolute Gasteiger partial charge is 0.342 e. The minimum absolute atomic E-state index is 0.218. The maximum atomic E-state index is 12.2. The first kappa shape index (κ1) is 17.0. The fourth-order valence-electron chi connectivity index (χ4n) is 1.97. The van der Waals surface area contributed by atoms with Gasteiger partial charge in [0.2, 0.25) is 15.9 Å². The van der Waals surface area contributed by atoms with Crippen molar-refractivity contribution in [2.75, 3.05) is 30.2 Å². The molecule has 0 aliphatic heterocycles. The molecule has 0 atom stereocenters. The highest BCUT2D eigenvalue weighted by atomic mass is 32.2. The molecule has 1 aromatic rings. The quantitative estimate of drug-likeness (QED) is 0.790. The molecular formula is C14H19N3O3S. The molecule has 0 spiro atoms. The average molecular weight is 309 g/mol. The van der Waals surface area contributed by atoms with Crippen molar-refractivity contribution in [3.63, 3.8) is 0 Å². The molecule has 21 heavy (non-hydrogen) atoms. The lowest BCUT2D eigenvalue weighted by Gasteiger charge is -2.26. The fraction of sp³-hybridized carbons (Fsp3) is 0.429. The highest BCUT2D eigenvalue weighted by molar-refractivity contribution is 7.92. The maximum Gasteiger partial charge on any atom is 0.243 e. The van der Waals surface area contributed by atoms with Gasteiger partial charge in [-0.1, -0.05) is 12.1 Å². The number of carbonyl (C=O) groups is 1.